The van der Waals surface area contributed by atoms with Gasteiger partial charge in [0.15, 0.2) is 0 Å². The van der Waals surface area contributed by atoms with Gasteiger partial charge in [0.25, 0.3) is 5.91 Å². The zero-order valence-electron chi connectivity index (χ0n) is 9.82. The van der Waals surface area contributed by atoms with Gasteiger partial charge in [0, 0.05) is 0 Å². The quantitative estimate of drug-likeness (QED) is 0.793. The first-order chi connectivity index (χ1) is 7.50. The Morgan fingerprint density at radius 2 is 1.94 bits per heavy atom. The topological polar surface area (TPSA) is 44.4 Å². The van der Waals surface area contributed by atoms with Crippen LogP contribution in [0.5, 0.6) is 0 Å². The van der Waals surface area contributed by atoms with Crippen LogP contribution in [0.2, 0.25) is 0 Å². The molecule has 0 spiro atoms. The summed E-state index contributed by atoms with van der Waals surface area (Å²) in [7, 11) is 0. The zero-order valence-corrected chi connectivity index (χ0v) is 9.82. The molecule has 1 heterocycles. The Balaban J connectivity index is 2.18. The second-order valence-corrected chi connectivity index (χ2v) is 4.58. The molecule has 1 fully saturated rings. The van der Waals surface area contributed by atoms with E-state index >= 15 is 0 Å². The molecule has 2 N–H and O–H groups in total. The number of amides is 1. The van der Waals surface area contributed by atoms with Gasteiger partial charge in [-0.05, 0) is 32.9 Å². The molecule has 0 unspecified atom stereocenters. The summed E-state index contributed by atoms with van der Waals surface area (Å²) in [5, 5.41) is 4.87. The lowest BCUT2D eigenvalue weighted by atomic mass is 10.2. The normalized spacial score (nSPS) is 23.6. The molecule has 4 nitrogen and oxygen atoms in total. The monoisotopic (exact) mass is 219 g/mol. The van der Waals surface area contributed by atoms with E-state index < -0.39 is 0 Å². The van der Waals surface area contributed by atoms with Crippen LogP contribution < -0.4 is 10.7 Å². The van der Waals surface area contributed by atoms with Gasteiger partial charge in [-0.25, -0.2) is 5.01 Å². The Morgan fingerprint density at radius 3 is 2.44 bits per heavy atom. The first-order valence-electron chi connectivity index (χ1n) is 5.44. The molecule has 0 saturated carbocycles. The first kappa shape index (κ1) is 11.0. The standard InChI is InChI=1S/C12H17N3O/c1-9-11(16)15(12(2,3)13-9)14-10-7-5-4-6-8-10/h4-9,13-14H,1-3H3/t9-/m0/s1. The lowest BCUT2D eigenvalue weighted by Crippen LogP contribution is -2.50. The summed E-state index contributed by atoms with van der Waals surface area (Å²) in [4.78, 5) is 11.9. The zero-order chi connectivity index (χ0) is 11.8. The van der Waals surface area contributed by atoms with E-state index in [1.54, 1.807) is 5.01 Å². The fourth-order valence-electron chi connectivity index (χ4n) is 1.96. The highest BCUT2D eigenvalue weighted by atomic mass is 16.2. The van der Waals surface area contributed by atoms with Gasteiger partial charge in [0.1, 0.15) is 5.66 Å². The van der Waals surface area contributed by atoms with Crippen molar-refractivity contribution in [1.82, 2.24) is 10.3 Å². The average Bonchev–Trinajstić information content (AvgIpc) is 2.42. The van der Waals surface area contributed by atoms with Crippen molar-refractivity contribution in [3.05, 3.63) is 30.3 Å². The Hall–Kier alpha value is -1.55. The van der Waals surface area contributed by atoms with Gasteiger partial charge in [0.2, 0.25) is 0 Å². The van der Waals surface area contributed by atoms with Crippen LogP contribution in [0.15, 0.2) is 30.3 Å². The fourth-order valence-corrected chi connectivity index (χ4v) is 1.96. The number of benzene rings is 1. The number of para-hydroxylation sites is 1. The molecule has 1 aromatic carbocycles. The molecule has 1 aromatic rings. The molecule has 86 valence electrons. The van der Waals surface area contributed by atoms with Crippen LogP contribution in [0.4, 0.5) is 5.69 Å². The van der Waals surface area contributed by atoms with Gasteiger partial charge in [-0.2, -0.15) is 0 Å². The molecular weight excluding hydrogens is 202 g/mol. The SMILES string of the molecule is C[C@@H]1NC(C)(C)N(Nc2ccccc2)C1=O. The van der Waals surface area contributed by atoms with Gasteiger partial charge in [-0.3, -0.25) is 15.5 Å². The highest BCUT2D eigenvalue weighted by Gasteiger charge is 2.42. The summed E-state index contributed by atoms with van der Waals surface area (Å²) in [5.41, 5.74) is 3.68. The Bertz CT molecular complexity index is 389. The Kier molecular flexibility index (Phi) is 2.59. The molecule has 1 atom stereocenters. The molecule has 0 aromatic heterocycles. The molecule has 0 bridgehead atoms. The maximum Gasteiger partial charge on any atom is 0.259 e. The lowest BCUT2D eigenvalue weighted by Gasteiger charge is -2.31. The van der Waals surface area contributed by atoms with Crippen molar-refractivity contribution in [3.63, 3.8) is 0 Å². The van der Waals surface area contributed by atoms with E-state index in [1.807, 2.05) is 51.1 Å². The van der Waals surface area contributed by atoms with Gasteiger partial charge < -0.3 is 0 Å². The second kappa shape index (κ2) is 3.79. The maximum absolute atomic E-state index is 11.9. The Morgan fingerprint density at radius 1 is 1.31 bits per heavy atom. The molecule has 0 radical (unpaired) electrons. The summed E-state index contributed by atoms with van der Waals surface area (Å²) >= 11 is 0. The van der Waals surface area contributed by atoms with Gasteiger partial charge in [-0.1, -0.05) is 18.2 Å². The molecular formula is C12H17N3O. The number of nitrogens with one attached hydrogen (secondary N) is 2. The number of hydrogen-bond donors (Lipinski definition) is 2. The predicted octanol–water partition coefficient (Wildman–Crippen LogP) is 1.57. The largest absolute Gasteiger partial charge is 0.294 e. The molecule has 4 heteroatoms. The van der Waals surface area contributed by atoms with E-state index in [-0.39, 0.29) is 17.6 Å². The lowest BCUT2D eigenvalue weighted by molar-refractivity contribution is -0.129. The van der Waals surface area contributed by atoms with Crippen molar-refractivity contribution in [2.24, 2.45) is 0 Å². The molecule has 1 aliphatic rings. The minimum Gasteiger partial charge on any atom is -0.294 e. The van der Waals surface area contributed by atoms with Crippen molar-refractivity contribution in [3.8, 4) is 0 Å². The molecule has 1 aliphatic heterocycles. The minimum atomic E-state index is -0.369. The van der Waals surface area contributed by atoms with Crippen LogP contribution in [0, 0.1) is 0 Å². The molecule has 1 amide bonds. The summed E-state index contributed by atoms with van der Waals surface area (Å²) in [6, 6.07) is 9.55. The van der Waals surface area contributed by atoms with Gasteiger partial charge >= 0.3 is 0 Å². The van der Waals surface area contributed by atoms with Crippen LogP contribution in [-0.4, -0.2) is 22.6 Å². The van der Waals surface area contributed by atoms with Crippen LogP contribution in [0.3, 0.4) is 0 Å². The highest BCUT2D eigenvalue weighted by molar-refractivity contribution is 5.85. The number of anilines is 1. The number of hydrazine groups is 1. The van der Waals surface area contributed by atoms with E-state index in [4.69, 9.17) is 0 Å². The van der Waals surface area contributed by atoms with Gasteiger partial charge in [-0.15, -0.1) is 0 Å². The van der Waals surface area contributed by atoms with Crippen molar-refractivity contribution in [2.45, 2.75) is 32.5 Å². The van der Waals surface area contributed by atoms with E-state index in [9.17, 15) is 4.79 Å². The van der Waals surface area contributed by atoms with Crippen LogP contribution in [-0.2, 0) is 4.79 Å². The predicted molar refractivity (Wildman–Crippen MR) is 63.6 cm³/mol. The van der Waals surface area contributed by atoms with Crippen molar-refractivity contribution in [2.75, 3.05) is 5.43 Å². The van der Waals surface area contributed by atoms with Crippen LogP contribution in [0.1, 0.15) is 20.8 Å². The Labute approximate surface area is 95.6 Å². The summed E-state index contributed by atoms with van der Waals surface area (Å²) < 4.78 is 0. The minimum absolute atomic E-state index is 0.0638. The average molecular weight is 219 g/mol. The third kappa shape index (κ3) is 1.88. The van der Waals surface area contributed by atoms with Crippen LogP contribution in [0.25, 0.3) is 0 Å². The first-order valence-corrected chi connectivity index (χ1v) is 5.44. The highest BCUT2D eigenvalue weighted by Crippen LogP contribution is 2.21. The van der Waals surface area contributed by atoms with E-state index in [2.05, 4.69) is 10.7 Å². The summed E-state index contributed by atoms with van der Waals surface area (Å²) in [6.45, 7) is 5.82. The number of carbonyl (C=O) groups is 1. The smallest absolute Gasteiger partial charge is 0.259 e. The molecule has 1 saturated heterocycles. The number of rotatable bonds is 2. The molecule has 16 heavy (non-hydrogen) atoms. The fraction of sp³-hybridized carbons (Fsp3) is 0.417. The third-order valence-corrected chi connectivity index (χ3v) is 2.73. The van der Waals surface area contributed by atoms with Gasteiger partial charge in [0.05, 0.1) is 11.7 Å². The molecule has 2 rings (SSSR count). The summed E-state index contributed by atoms with van der Waals surface area (Å²) in [6.07, 6.45) is 0. The summed E-state index contributed by atoms with van der Waals surface area (Å²) in [5.74, 6) is 0.0638. The third-order valence-electron chi connectivity index (χ3n) is 2.73. The van der Waals surface area contributed by atoms with E-state index in [1.165, 1.54) is 0 Å². The number of nitrogens with zero attached hydrogens (tertiary/aromatic N) is 1. The van der Waals surface area contributed by atoms with Crippen LogP contribution >= 0.6 is 0 Å². The van der Waals surface area contributed by atoms with Crippen molar-refractivity contribution < 1.29 is 4.79 Å². The number of hydrogen-bond acceptors (Lipinski definition) is 3. The van der Waals surface area contributed by atoms with Crippen molar-refractivity contribution >= 4 is 11.6 Å². The molecule has 0 aliphatic carbocycles. The van der Waals surface area contributed by atoms with E-state index in [0.29, 0.717) is 0 Å². The van der Waals surface area contributed by atoms with E-state index in [0.717, 1.165) is 5.69 Å². The van der Waals surface area contributed by atoms with Crippen molar-refractivity contribution in [1.29, 1.82) is 0 Å². The second-order valence-electron chi connectivity index (χ2n) is 4.58. The maximum atomic E-state index is 11.9. The number of carbonyl (C=O) groups excluding carboxylic acids is 1.